The molecule has 2 aromatic carbocycles. The van der Waals surface area contributed by atoms with Crippen LogP contribution in [0.2, 0.25) is 0 Å². The van der Waals surface area contributed by atoms with Crippen molar-refractivity contribution in [3.63, 3.8) is 0 Å². The van der Waals surface area contributed by atoms with Gasteiger partial charge >= 0.3 is 0 Å². The van der Waals surface area contributed by atoms with Gasteiger partial charge in [0, 0.05) is 23.4 Å². The van der Waals surface area contributed by atoms with Crippen LogP contribution in [0, 0.1) is 5.82 Å². The van der Waals surface area contributed by atoms with Gasteiger partial charge in [0.15, 0.2) is 0 Å². The Labute approximate surface area is 195 Å². The number of hydrogen-bond donors (Lipinski definition) is 3. The summed E-state index contributed by atoms with van der Waals surface area (Å²) in [6.07, 6.45) is 3.82. The minimum absolute atomic E-state index is 0.0300. The normalized spacial score (nSPS) is 14.4. The molecule has 33 heavy (non-hydrogen) atoms. The van der Waals surface area contributed by atoms with Crippen LogP contribution in [0.5, 0.6) is 0 Å². The van der Waals surface area contributed by atoms with Gasteiger partial charge in [-0.05, 0) is 74.0 Å². The summed E-state index contributed by atoms with van der Waals surface area (Å²) in [5, 5.41) is 17.1. The van der Waals surface area contributed by atoms with Crippen molar-refractivity contribution in [3.8, 4) is 21.8 Å². The molecule has 3 heterocycles. The molecular weight excluding hydrogens is 437 g/mol. The zero-order valence-corrected chi connectivity index (χ0v) is 18.8. The van der Waals surface area contributed by atoms with E-state index in [0.717, 1.165) is 64.0 Å². The van der Waals surface area contributed by atoms with E-state index in [1.165, 1.54) is 12.1 Å². The summed E-state index contributed by atoms with van der Waals surface area (Å²) in [5.41, 5.74) is 4.07. The average Bonchev–Trinajstić information content (AvgIpc) is 3.31. The van der Waals surface area contributed by atoms with Crippen LogP contribution >= 0.6 is 11.3 Å². The van der Waals surface area contributed by atoms with E-state index in [2.05, 4.69) is 15.6 Å². The minimum Gasteiger partial charge on any atom is -0.392 e. The van der Waals surface area contributed by atoms with Crippen molar-refractivity contribution < 1.29 is 9.50 Å². The van der Waals surface area contributed by atoms with E-state index in [4.69, 9.17) is 9.97 Å². The van der Waals surface area contributed by atoms with Crippen molar-refractivity contribution in [2.24, 2.45) is 0 Å². The number of halogens is 1. The fourth-order valence-electron chi connectivity index (χ4n) is 3.98. The molecule has 0 bridgehead atoms. The predicted octanol–water partition coefficient (Wildman–Crippen LogP) is 5.11. The summed E-state index contributed by atoms with van der Waals surface area (Å²) in [5.74, 6) is 0.599. The molecule has 168 valence electrons. The largest absolute Gasteiger partial charge is 0.392 e. The Bertz CT molecular complexity index is 1240. The van der Waals surface area contributed by atoms with Crippen molar-refractivity contribution in [1.29, 1.82) is 0 Å². The summed E-state index contributed by atoms with van der Waals surface area (Å²) >= 11 is 1.66. The van der Waals surface area contributed by atoms with Crippen LogP contribution in [0.15, 0.2) is 60.8 Å². The molecule has 0 amide bonds. The lowest BCUT2D eigenvalue weighted by Crippen LogP contribution is -2.26. The Morgan fingerprint density at radius 2 is 1.88 bits per heavy atom. The maximum absolute atomic E-state index is 13.6. The third-order valence-electron chi connectivity index (χ3n) is 5.70. The third-order valence-corrected chi connectivity index (χ3v) is 6.94. The maximum Gasteiger partial charge on any atom is 0.227 e. The molecule has 1 aliphatic rings. The molecule has 0 atom stereocenters. The van der Waals surface area contributed by atoms with Gasteiger partial charge in [-0.15, -0.1) is 11.3 Å². The molecule has 0 saturated carbocycles. The smallest absolute Gasteiger partial charge is 0.227 e. The van der Waals surface area contributed by atoms with Crippen molar-refractivity contribution in [2.45, 2.75) is 25.4 Å². The highest BCUT2D eigenvalue weighted by Crippen LogP contribution is 2.40. The summed E-state index contributed by atoms with van der Waals surface area (Å²) < 4.78 is 13.6. The number of nitrogens with zero attached hydrogens (tertiary/aromatic N) is 3. The van der Waals surface area contributed by atoms with Crippen molar-refractivity contribution in [3.05, 3.63) is 77.2 Å². The first kappa shape index (κ1) is 21.6. The van der Waals surface area contributed by atoms with Crippen LogP contribution in [-0.4, -0.2) is 33.1 Å². The second kappa shape index (κ2) is 9.74. The Morgan fingerprint density at radius 1 is 1.06 bits per heavy atom. The molecule has 0 unspecified atom stereocenters. The van der Waals surface area contributed by atoms with Crippen LogP contribution < -0.4 is 10.6 Å². The number of nitrogens with one attached hydrogen (secondary N) is 2. The molecule has 1 fully saturated rings. The minimum atomic E-state index is -0.271. The van der Waals surface area contributed by atoms with Gasteiger partial charge < -0.3 is 15.7 Å². The van der Waals surface area contributed by atoms with Gasteiger partial charge in [-0.25, -0.2) is 19.3 Å². The zero-order valence-electron chi connectivity index (χ0n) is 18.0. The van der Waals surface area contributed by atoms with E-state index in [1.807, 2.05) is 30.3 Å². The zero-order chi connectivity index (χ0) is 22.6. The number of aliphatic hydroxyl groups excluding tert-OH is 1. The number of thiazole rings is 1. The van der Waals surface area contributed by atoms with E-state index in [0.29, 0.717) is 11.9 Å². The SMILES string of the molecule is OCc1cccc(Nc2nccc(-c3sc(C4CCNCC4)nc3-c3ccc(F)cc3)n2)c1. The second-order valence-corrected chi connectivity index (χ2v) is 9.04. The maximum atomic E-state index is 13.6. The number of rotatable bonds is 6. The van der Waals surface area contributed by atoms with Crippen LogP contribution in [0.25, 0.3) is 21.8 Å². The van der Waals surface area contributed by atoms with Crippen molar-refractivity contribution in [2.75, 3.05) is 18.4 Å². The topological polar surface area (TPSA) is 83.0 Å². The molecule has 2 aromatic heterocycles. The van der Waals surface area contributed by atoms with Gasteiger partial charge in [-0.3, -0.25) is 0 Å². The number of benzene rings is 2. The fraction of sp³-hybridized carbons (Fsp3) is 0.240. The van der Waals surface area contributed by atoms with E-state index >= 15 is 0 Å². The Balaban J connectivity index is 1.52. The van der Waals surface area contributed by atoms with Crippen LogP contribution in [0.3, 0.4) is 0 Å². The molecule has 6 nitrogen and oxygen atoms in total. The second-order valence-electron chi connectivity index (χ2n) is 8.01. The molecule has 0 aliphatic carbocycles. The fourth-order valence-corrected chi connectivity index (χ4v) is 5.21. The van der Waals surface area contributed by atoms with E-state index < -0.39 is 0 Å². The van der Waals surface area contributed by atoms with Gasteiger partial charge in [0.1, 0.15) is 5.82 Å². The first-order chi connectivity index (χ1) is 16.2. The average molecular weight is 462 g/mol. The Kier molecular flexibility index (Phi) is 6.39. The van der Waals surface area contributed by atoms with Crippen LogP contribution in [0.4, 0.5) is 16.0 Å². The standard InChI is InChI=1S/C25H24FN5OS/c26-19-6-4-17(5-7-19)22-23(33-24(31-22)18-8-11-27-12-9-18)21-10-13-28-25(30-21)29-20-3-1-2-16(14-20)15-32/h1-7,10,13-14,18,27,32H,8-9,11-12,15H2,(H,28,29,30). The molecule has 3 N–H and O–H groups in total. The van der Waals surface area contributed by atoms with Gasteiger partial charge in [0.2, 0.25) is 5.95 Å². The number of aromatic nitrogens is 3. The first-order valence-electron chi connectivity index (χ1n) is 11.0. The van der Waals surface area contributed by atoms with E-state index in [9.17, 15) is 9.50 Å². The lowest BCUT2D eigenvalue weighted by molar-refractivity contribution is 0.282. The van der Waals surface area contributed by atoms with E-state index in [1.54, 1.807) is 29.7 Å². The Morgan fingerprint density at radius 3 is 2.67 bits per heavy atom. The molecule has 0 spiro atoms. The highest BCUT2D eigenvalue weighted by molar-refractivity contribution is 7.15. The molecule has 5 rings (SSSR count). The number of anilines is 2. The molecule has 4 aromatic rings. The summed E-state index contributed by atoms with van der Waals surface area (Å²) in [6.45, 7) is 1.94. The van der Waals surface area contributed by atoms with Crippen molar-refractivity contribution in [1.82, 2.24) is 20.3 Å². The molecule has 8 heteroatoms. The number of hydrogen-bond acceptors (Lipinski definition) is 7. The summed E-state index contributed by atoms with van der Waals surface area (Å²) in [7, 11) is 0. The monoisotopic (exact) mass is 461 g/mol. The first-order valence-corrected chi connectivity index (χ1v) is 11.8. The highest BCUT2D eigenvalue weighted by atomic mass is 32.1. The lowest BCUT2D eigenvalue weighted by Gasteiger charge is -2.20. The number of aliphatic hydroxyl groups is 1. The molecular formula is C25H24FN5OS. The quantitative estimate of drug-likeness (QED) is 0.370. The third kappa shape index (κ3) is 4.93. The van der Waals surface area contributed by atoms with Crippen molar-refractivity contribution >= 4 is 23.0 Å². The van der Waals surface area contributed by atoms with Gasteiger partial charge in [0.05, 0.1) is 27.9 Å². The van der Waals surface area contributed by atoms with Crippen LogP contribution in [0.1, 0.15) is 29.3 Å². The summed E-state index contributed by atoms with van der Waals surface area (Å²) in [6, 6.07) is 15.8. The van der Waals surface area contributed by atoms with E-state index in [-0.39, 0.29) is 12.4 Å². The van der Waals surface area contributed by atoms with Crippen LogP contribution in [-0.2, 0) is 6.61 Å². The molecule has 1 aliphatic heterocycles. The lowest BCUT2D eigenvalue weighted by atomic mass is 9.99. The molecule has 0 radical (unpaired) electrons. The molecule has 1 saturated heterocycles. The van der Waals surface area contributed by atoms with Gasteiger partial charge in [-0.1, -0.05) is 12.1 Å². The summed E-state index contributed by atoms with van der Waals surface area (Å²) in [4.78, 5) is 15.1. The van der Waals surface area contributed by atoms with Gasteiger partial charge in [-0.2, -0.15) is 0 Å². The van der Waals surface area contributed by atoms with Gasteiger partial charge in [0.25, 0.3) is 0 Å². The Hall–Kier alpha value is -3.20. The number of piperidine rings is 1. The predicted molar refractivity (Wildman–Crippen MR) is 129 cm³/mol. The highest BCUT2D eigenvalue weighted by Gasteiger charge is 2.23.